The van der Waals surface area contributed by atoms with Crippen LogP contribution in [-0.4, -0.2) is 29.1 Å². The molecule has 2 aliphatic rings. The fraction of sp³-hybridized carbons (Fsp3) is 0.391. The smallest absolute Gasteiger partial charge is 0.321 e. The molecule has 0 bridgehead atoms. The molecule has 0 aromatic heterocycles. The van der Waals surface area contributed by atoms with Crippen LogP contribution < -0.4 is 10.6 Å². The summed E-state index contributed by atoms with van der Waals surface area (Å²) in [6.07, 6.45) is 0.491. The molecule has 0 aliphatic carbocycles. The summed E-state index contributed by atoms with van der Waals surface area (Å²) in [4.78, 5) is 26.0. The molecule has 1 saturated heterocycles. The number of carboxylic acid groups (broad SMARTS) is 1. The zero-order valence-electron chi connectivity index (χ0n) is 17.3. The van der Waals surface area contributed by atoms with Crippen LogP contribution in [0.5, 0.6) is 0 Å². The summed E-state index contributed by atoms with van der Waals surface area (Å²) in [5.74, 6) is -3.26. The molecule has 164 valence electrons. The number of carbonyl (C=O) groups is 2. The van der Waals surface area contributed by atoms with Crippen LogP contribution in [0.2, 0.25) is 10.0 Å². The van der Waals surface area contributed by atoms with Crippen molar-refractivity contribution < 1.29 is 19.1 Å². The average molecular weight is 465 g/mol. The first-order valence-corrected chi connectivity index (χ1v) is 10.8. The van der Waals surface area contributed by atoms with Gasteiger partial charge in [-0.3, -0.25) is 14.9 Å². The highest BCUT2D eigenvalue weighted by molar-refractivity contribution is 6.31. The van der Waals surface area contributed by atoms with Crippen LogP contribution in [-0.2, 0) is 15.0 Å². The van der Waals surface area contributed by atoms with Crippen LogP contribution in [0.3, 0.4) is 0 Å². The predicted octanol–water partition coefficient (Wildman–Crippen LogP) is 4.97. The molecule has 5 nitrogen and oxygen atoms in total. The number of anilines is 1. The van der Waals surface area contributed by atoms with Crippen molar-refractivity contribution in [1.82, 2.24) is 5.32 Å². The summed E-state index contributed by atoms with van der Waals surface area (Å²) in [7, 11) is 0. The van der Waals surface area contributed by atoms with Gasteiger partial charge in [0.1, 0.15) is 17.3 Å². The van der Waals surface area contributed by atoms with Gasteiger partial charge in [-0.15, -0.1) is 0 Å². The first-order valence-electron chi connectivity index (χ1n) is 10.0. The van der Waals surface area contributed by atoms with Gasteiger partial charge in [-0.05, 0) is 41.2 Å². The van der Waals surface area contributed by atoms with Crippen LogP contribution in [0.1, 0.15) is 44.2 Å². The Morgan fingerprint density at radius 3 is 2.58 bits per heavy atom. The summed E-state index contributed by atoms with van der Waals surface area (Å²) in [6.45, 7) is 6.04. The molecule has 2 aromatic rings. The molecule has 1 fully saturated rings. The van der Waals surface area contributed by atoms with Gasteiger partial charge in [0.2, 0.25) is 5.91 Å². The zero-order valence-corrected chi connectivity index (χ0v) is 18.8. The summed E-state index contributed by atoms with van der Waals surface area (Å²) in [5, 5.41) is 16.4. The van der Waals surface area contributed by atoms with E-state index in [2.05, 4.69) is 10.6 Å². The summed E-state index contributed by atoms with van der Waals surface area (Å²) in [6, 6.07) is 7.76. The number of nitrogens with one attached hydrogen (secondary N) is 2. The third-order valence-electron chi connectivity index (χ3n) is 6.20. The second kappa shape index (κ2) is 7.47. The molecule has 2 aliphatic heterocycles. The maximum absolute atomic E-state index is 15.3. The van der Waals surface area contributed by atoms with Gasteiger partial charge < -0.3 is 10.4 Å². The number of hydrogen-bond acceptors (Lipinski definition) is 3. The minimum absolute atomic E-state index is 0.0989. The van der Waals surface area contributed by atoms with Gasteiger partial charge >= 0.3 is 5.97 Å². The fourth-order valence-electron chi connectivity index (χ4n) is 5.14. The number of fused-ring (bicyclic) bond motifs is 2. The van der Waals surface area contributed by atoms with Crippen molar-refractivity contribution in [1.29, 1.82) is 0 Å². The lowest BCUT2D eigenvalue weighted by Crippen LogP contribution is -2.49. The van der Waals surface area contributed by atoms with Crippen LogP contribution in [0, 0.1) is 11.2 Å². The van der Waals surface area contributed by atoms with Gasteiger partial charge in [-0.1, -0.05) is 62.2 Å². The topological polar surface area (TPSA) is 78.4 Å². The van der Waals surface area contributed by atoms with Crippen LogP contribution in [0.4, 0.5) is 10.1 Å². The summed E-state index contributed by atoms with van der Waals surface area (Å²) >= 11 is 12.2. The molecule has 3 N–H and O–H groups in total. The Labute approximate surface area is 189 Å². The van der Waals surface area contributed by atoms with Gasteiger partial charge in [-0.2, -0.15) is 0 Å². The van der Waals surface area contributed by atoms with E-state index in [0.717, 1.165) is 0 Å². The highest BCUT2D eigenvalue weighted by Gasteiger charge is 2.66. The van der Waals surface area contributed by atoms with Crippen molar-refractivity contribution in [2.45, 2.75) is 50.6 Å². The molecular formula is C23H23Cl2FN2O3. The minimum Gasteiger partial charge on any atom is -0.480 e. The van der Waals surface area contributed by atoms with E-state index in [1.165, 1.54) is 12.1 Å². The van der Waals surface area contributed by atoms with Gasteiger partial charge in [-0.25, -0.2) is 4.39 Å². The summed E-state index contributed by atoms with van der Waals surface area (Å²) < 4.78 is 15.3. The number of carboxylic acids is 1. The molecule has 0 saturated carbocycles. The van der Waals surface area contributed by atoms with E-state index in [0.29, 0.717) is 22.7 Å². The largest absolute Gasteiger partial charge is 0.480 e. The predicted molar refractivity (Wildman–Crippen MR) is 118 cm³/mol. The Bertz CT molecular complexity index is 1080. The lowest BCUT2D eigenvalue weighted by Gasteiger charge is -2.37. The molecule has 31 heavy (non-hydrogen) atoms. The van der Waals surface area contributed by atoms with E-state index in [1.54, 1.807) is 24.3 Å². The monoisotopic (exact) mass is 464 g/mol. The zero-order chi connectivity index (χ0) is 22.7. The third kappa shape index (κ3) is 3.41. The highest BCUT2D eigenvalue weighted by atomic mass is 35.5. The summed E-state index contributed by atoms with van der Waals surface area (Å²) in [5.41, 5.74) is -0.359. The van der Waals surface area contributed by atoms with E-state index < -0.39 is 35.2 Å². The Hall–Kier alpha value is -2.15. The van der Waals surface area contributed by atoms with Gasteiger partial charge in [0.05, 0.1) is 5.02 Å². The molecule has 8 heteroatoms. The van der Waals surface area contributed by atoms with E-state index in [4.69, 9.17) is 23.2 Å². The molecule has 1 amide bonds. The lowest BCUT2D eigenvalue weighted by atomic mass is 9.62. The van der Waals surface area contributed by atoms with Crippen molar-refractivity contribution in [2.75, 3.05) is 5.32 Å². The Kier molecular flexibility index (Phi) is 5.31. The lowest BCUT2D eigenvalue weighted by molar-refractivity contribution is -0.139. The number of hydrogen-bond donors (Lipinski definition) is 3. The second-order valence-corrected chi connectivity index (χ2v) is 10.3. The number of carbonyl (C=O) groups excluding carboxylic acids is 1. The van der Waals surface area contributed by atoms with E-state index in [1.807, 2.05) is 20.8 Å². The van der Waals surface area contributed by atoms with Crippen molar-refractivity contribution in [2.24, 2.45) is 5.41 Å². The van der Waals surface area contributed by atoms with Crippen LogP contribution >= 0.6 is 23.2 Å². The first kappa shape index (κ1) is 22.1. The molecule has 1 spiro atoms. The standard InChI is InChI=1S/C23H23Cl2FN2O3/c1-22(2,3)10-16-23(13-8-7-11(24)9-15(13)27-21(23)31)17(19(28-16)20(29)30)12-5-4-6-14(25)18(12)26/h4-9,16-17,19,28H,10H2,1-3H3,(H,27,31)(H,29,30)/t16-,17+,19+,23+/m1/s1. The molecular weight excluding hydrogens is 442 g/mol. The highest BCUT2D eigenvalue weighted by Crippen LogP contribution is 2.57. The van der Waals surface area contributed by atoms with E-state index in [-0.39, 0.29) is 21.9 Å². The molecule has 4 rings (SSSR count). The van der Waals surface area contributed by atoms with Crippen molar-refractivity contribution in [3.05, 3.63) is 63.4 Å². The van der Waals surface area contributed by atoms with Crippen LogP contribution in [0.15, 0.2) is 36.4 Å². The Morgan fingerprint density at radius 1 is 1.23 bits per heavy atom. The molecule has 4 atom stereocenters. The Morgan fingerprint density at radius 2 is 1.94 bits per heavy atom. The number of amides is 1. The van der Waals surface area contributed by atoms with E-state index in [9.17, 15) is 14.7 Å². The second-order valence-electron chi connectivity index (χ2n) is 9.43. The maximum atomic E-state index is 15.3. The number of benzene rings is 2. The maximum Gasteiger partial charge on any atom is 0.321 e. The quantitative estimate of drug-likeness (QED) is 0.599. The average Bonchev–Trinajstić information content (AvgIpc) is 3.12. The van der Waals surface area contributed by atoms with Crippen molar-refractivity contribution >= 4 is 40.8 Å². The SMILES string of the molecule is CC(C)(C)C[C@H]1N[C@H](C(=O)O)[C@H](c2cccc(Cl)c2F)[C@@]12C(=O)Nc1cc(Cl)ccc12. The van der Waals surface area contributed by atoms with Crippen molar-refractivity contribution in [3.63, 3.8) is 0 Å². The van der Waals surface area contributed by atoms with Gasteiger partial charge in [0.15, 0.2) is 0 Å². The van der Waals surface area contributed by atoms with Crippen LogP contribution in [0.25, 0.3) is 0 Å². The molecule has 2 aromatic carbocycles. The number of rotatable bonds is 3. The van der Waals surface area contributed by atoms with Gasteiger partial charge in [0.25, 0.3) is 0 Å². The van der Waals surface area contributed by atoms with Gasteiger partial charge in [0, 0.05) is 22.7 Å². The van der Waals surface area contributed by atoms with Crippen molar-refractivity contribution in [3.8, 4) is 0 Å². The molecule has 0 radical (unpaired) electrons. The molecule has 0 unspecified atom stereocenters. The van der Waals surface area contributed by atoms with E-state index >= 15 is 4.39 Å². The minimum atomic E-state index is -1.35. The number of halogens is 3. The first-order chi connectivity index (χ1) is 14.5. The third-order valence-corrected chi connectivity index (χ3v) is 6.73. The molecule has 2 heterocycles. The normalized spacial score (nSPS) is 27.4. The Balaban J connectivity index is 2.04. The fourth-order valence-corrected chi connectivity index (χ4v) is 5.49. The number of aliphatic carboxylic acids is 1.